The summed E-state index contributed by atoms with van der Waals surface area (Å²) in [6, 6.07) is 10.3. The molecular weight excluding hydrogens is 356 g/mol. The molecule has 2 N–H and O–H groups in total. The maximum atomic E-state index is 12.4. The molecule has 1 aromatic heterocycles. The van der Waals surface area contributed by atoms with Crippen LogP contribution in [0.1, 0.15) is 39.3 Å². The molecule has 2 heterocycles. The number of amides is 1. The van der Waals surface area contributed by atoms with E-state index in [1.54, 1.807) is 12.2 Å². The number of thiophene rings is 1. The van der Waals surface area contributed by atoms with Crippen LogP contribution in [0.3, 0.4) is 0 Å². The zero-order valence-corrected chi connectivity index (χ0v) is 16.6. The summed E-state index contributed by atoms with van der Waals surface area (Å²) in [7, 11) is 4.09. The minimum absolute atomic E-state index is 0.123. The highest BCUT2D eigenvalue weighted by molar-refractivity contribution is 7.12. The summed E-state index contributed by atoms with van der Waals surface area (Å²) in [4.78, 5) is 15.1. The van der Waals surface area contributed by atoms with Crippen LogP contribution in [0, 0.1) is 0 Å². The van der Waals surface area contributed by atoms with E-state index in [0.29, 0.717) is 28.6 Å². The third-order valence-corrected chi connectivity index (χ3v) is 5.78. The van der Waals surface area contributed by atoms with Crippen molar-refractivity contribution in [1.82, 2.24) is 10.2 Å². The molecular formula is C22H24N2O2S. The number of hydrogen-bond acceptors (Lipinski definition) is 4. The zero-order chi connectivity index (χ0) is 19.6. The normalized spacial score (nSPS) is 20.1. The van der Waals surface area contributed by atoms with Crippen molar-refractivity contribution in [1.29, 1.82) is 0 Å². The van der Waals surface area contributed by atoms with Gasteiger partial charge in [0.15, 0.2) is 0 Å². The predicted molar refractivity (Wildman–Crippen MR) is 113 cm³/mol. The lowest BCUT2D eigenvalue weighted by molar-refractivity contribution is 0.0961. The van der Waals surface area contributed by atoms with E-state index in [0.717, 1.165) is 11.1 Å². The monoisotopic (exact) mass is 380 g/mol. The van der Waals surface area contributed by atoms with Crippen molar-refractivity contribution in [3.63, 3.8) is 0 Å². The van der Waals surface area contributed by atoms with Crippen LogP contribution in [0.5, 0.6) is 0 Å². The van der Waals surface area contributed by atoms with Crippen molar-refractivity contribution >= 4 is 28.4 Å². The quantitative estimate of drug-likeness (QED) is 0.815. The van der Waals surface area contributed by atoms with Crippen LogP contribution >= 0.6 is 11.3 Å². The number of nitrogens with zero attached hydrogens (tertiary/aromatic N) is 1. The third kappa shape index (κ3) is 3.89. The number of benzene rings is 1. The van der Waals surface area contributed by atoms with E-state index in [1.165, 1.54) is 16.9 Å². The molecule has 0 radical (unpaired) electrons. The van der Waals surface area contributed by atoms with Gasteiger partial charge in [0.1, 0.15) is 5.76 Å². The maximum Gasteiger partial charge on any atom is 0.262 e. The summed E-state index contributed by atoms with van der Waals surface area (Å²) >= 11 is 1.38. The van der Waals surface area contributed by atoms with Gasteiger partial charge < -0.3 is 15.3 Å². The Morgan fingerprint density at radius 3 is 2.59 bits per heavy atom. The molecule has 1 amide bonds. The lowest BCUT2D eigenvalue weighted by Crippen LogP contribution is -2.23. The average Bonchev–Trinajstić information content (AvgIpc) is 3.14. The van der Waals surface area contributed by atoms with Crippen LogP contribution in [0.25, 0.3) is 11.1 Å². The first-order valence-electron chi connectivity index (χ1n) is 8.82. The fraction of sp³-hybridized carbons (Fsp3) is 0.227. The Morgan fingerprint density at radius 2 is 1.93 bits per heavy atom. The summed E-state index contributed by atoms with van der Waals surface area (Å²) in [6.07, 6.45) is 3.36. The lowest BCUT2D eigenvalue weighted by Gasteiger charge is -2.21. The fourth-order valence-corrected chi connectivity index (χ4v) is 3.88. The minimum Gasteiger partial charge on any atom is -0.507 e. The van der Waals surface area contributed by atoms with Gasteiger partial charge in [0.05, 0.1) is 4.88 Å². The summed E-state index contributed by atoms with van der Waals surface area (Å²) in [6.45, 7) is 6.70. The fourth-order valence-electron chi connectivity index (χ4n) is 3.05. The van der Waals surface area contributed by atoms with Gasteiger partial charge in [-0.25, -0.2) is 0 Å². The van der Waals surface area contributed by atoms with Crippen LogP contribution in [-0.2, 0) is 0 Å². The Balaban J connectivity index is 2.08. The molecule has 5 heteroatoms. The highest BCUT2D eigenvalue weighted by Crippen LogP contribution is 2.36. The number of nitrogens with one attached hydrogen (secondary N) is 1. The van der Waals surface area contributed by atoms with E-state index in [-0.39, 0.29) is 11.7 Å². The summed E-state index contributed by atoms with van der Waals surface area (Å²) in [5.74, 6) is 0.0170. The van der Waals surface area contributed by atoms with E-state index in [1.807, 2.05) is 37.7 Å². The molecule has 2 aromatic rings. The average molecular weight is 381 g/mol. The first kappa shape index (κ1) is 19.1. The van der Waals surface area contributed by atoms with Crippen LogP contribution in [0.15, 0.2) is 60.2 Å². The molecule has 3 rings (SSSR count). The van der Waals surface area contributed by atoms with Gasteiger partial charge in [0.25, 0.3) is 5.91 Å². The molecule has 0 saturated heterocycles. The lowest BCUT2D eigenvalue weighted by atomic mass is 9.91. The first-order valence-corrected chi connectivity index (χ1v) is 9.70. The Morgan fingerprint density at radius 1 is 1.22 bits per heavy atom. The van der Waals surface area contributed by atoms with Crippen LogP contribution in [0.2, 0.25) is 0 Å². The van der Waals surface area contributed by atoms with E-state index in [2.05, 4.69) is 35.9 Å². The van der Waals surface area contributed by atoms with E-state index in [4.69, 9.17) is 0 Å². The van der Waals surface area contributed by atoms with Crippen molar-refractivity contribution < 1.29 is 9.90 Å². The number of carbonyl (C=O) groups is 1. The maximum absolute atomic E-state index is 12.4. The molecule has 0 fully saturated rings. The van der Waals surface area contributed by atoms with Gasteiger partial charge >= 0.3 is 0 Å². The molecule has 1 aromatic carbocycles. The van der Waals surface area contributed by atoms with Gasteiger partial charge in [-0.1, -0.05) is 36.9 Å². The van der Waals surface area contributed by atoms with Crippen LogP contribution in [-0.4, -0.2) is 36.6 Å². The molecule has 0 bridgehead atoms. The number of aliphatic hydroxyl groups is 1. The van der Waals surface area contributed by atoms with E-state index >= 15 is 0 Å². The second-order valence-electron chi connectivity index (χ2n) is 6.78. The topological polar surface area (TPSA) is 52.6 Å². The molecule has 0 saturated carbocycles. The summed E-state index contributed by atoms with van der Waals surface area (Å²) < 4.78 is 0. The highest BCUT2D eigenvalue weighted by atomic mass is 32.1. The Bertz CT molecular complexity index is 920. The Hall–Kier alpha value is -2.63. The SMILES string of the molecule is C=C1/C(c2ccc([C@@H](C)N(C)C)cc2)=C(O)\C=C/CNC(=O)c2sccc21. The van der Waals surface area contributed by atoms with Gasteiger partial charge in [-0.15, -0.1) is 11.3 Å². The molecule has 4 nitrogen and oxygen atoms in total. The van der Waals surface area contributed by atoms with E-state index < -0.39 is 0 Å². The van der Waals surface area contributed by atoms with Gasteiger partial charge in [0.2, 0.25) is 0 Å². The molecule has 0 unspecified atom stereocenters. The van der Waals surface area contributed by atoms with Crippen LogP contribution < -0.4 is 5.32 Å². The standard InChI is InChI=1S/C22H24N2O2S/c1-14-18-11-13-27-21(18)22(26)23-12-5-6-19(25)20(14)17-9-7-16(8-10-17)15(2)24(3)4/h5-11,13,15,25H,1,12H2,2-4H3,(H,23,26)/b6-5-,20-19-/t15-/m1/s1. The zero-order valence-electron chi connectivity index (χ0n) is 15.8. The largest absolute Gasteiger partial charge is 0.507 e. The second-order valence-corrected chi connectivity index (χ2v) is 7.69. The van der Waals surface area contributed by atoms with Gasteiger partial charge in [-0.05, 0) is 55.2 Å². The van der Waals surface area contributed by atoms with Gasteiger partial charge in [0, 0.05) is 23.7 Å². The number of carbonyl (C=O) groups excluding carboxylic acids is 1. The van der Waals surface area contributed by atoms with Crippen LogP contribution in [0.4, 0.5) is 0 Å². The molecule has 27 heavy (non-hydrogen) atoms. The smallest absolute Gasteiger partial charge is 0.262 e. The van der Waals surface area contributed by atoms with E-state index in [9.17, 15) is 9.90 Å². The van der Waals surface area contributed by atoms with Gasteiger partial charge in [-0.2, -0.15) is 0 Å². The molecule has 0 spiro atoms. The molecule has 140 valence electrons. The van der Waals surface area contributed by atoms with Crippen molar-refractivity contribution in [2.75, 3.05) is 20.6 Å². The Labute approximate surface area is 164 Å². The molecule has 1 aliphatic rings. The van der Waals surface area contributed by atoms with Crippen molar-refractivity contribution in [3.8, 4) is 0 Å². The highest BCUT2D eigenvalue weighted by Gasteiger charge is 2.21. The summed E-state index contributed by atoms with van der Waals surface area (Å²) in [5, 5.41) is 15.4. The number of aliphatic hydroxyl groups excluding tert-OH is 1. The number of fused-ring (bicyclic) bond motifs is 1. The number of rotatable bonds is 3. The molecule has 1 atom stereocenters. The molecule has 0 aliphatic carbocycles. The third-order valence-electron chi connectivity index (χ3n) is 4.87. The minimum atomic E-state index is -0.123. The molecule has 1 aliphatic heterocycles. The predicted octanol–water partition coefficient (Wildman–Crippen LogP) is 4.65. The second kappa shape index (κ2) is 7.94. The Kier molecular flexibility index (Phi) is 5.63. The van der Waals surface area contributed by atoms with Crippen molar-refractivity contribution in [3.05, 3.63) is 81.8 Å². The van der Waals surface area contributed by atoms with Gasteiger partial charge in [-0.3, -0.25) is 4.79 Å². The number of allylic oxidation sites excluding steroid dienone is 3. The first-order chi connectivity index (χ1) is 12.9. The van der Waals surface area contributed by atoms with Crippen molar-refractivity contribution in [2.24, 2.45) is 0 Å². The number of hydrogen-bond donors (Lipinski definition) is 2. The van der Waals surface area contributed by atoms with Crippen molar-refractivity contribution in [2.45, 2.75) is 13.0 Å². The summed E-state index contributed by atoms with van der Waals surface area (Å²) in [5.41, 5.74) is 4.10.